The van der Waals surface area contributed by atoms with Gasteiger partial charge in [0, 0.05) is 12.2 Å². The fraction of sp³-hybridized carbons (Fsp3) is 0.316. The summed E-state index contributed by atoms with van der Waals surface area (Å²) in [6.45, 7) is 4.36. The maximum absolute atomic E-state index is 12.5. The number of aryl methyl sites for hydroxylation is 1. The van der Waals surface area contributed by atoms with Crippen LogP contribution in [0.25, 0.3) is 0 Å². The van der Waals surface area contributed by atoms with Crippen LogP contribution in [0.1, 0.15) is 30.9 Å². The molecule has 1 aliphatic rings. The van der Waals surface area contributed by atoms with E-state index >= 15 is 0 Å². The van der Waals surface area contributed by atoms with Crippen molar-refractivity contribution in [2.75, 3.05) is 11.3 Å². The lowest BCUT2D eigenvalue weighted by molar-refractivity contribution is -0.123. The summed E-state index contributed by atoms with van der Waals surface area (Å²) in [5.41, 5.74) is 1.86. The zero-order valence-electron chi connectivity index (χ0n) is 14.4. The van der Waals surface area contributed by atoms with E-state index in [4.69, 9.17) is 0 Å². The number of benzene rings is 2. The van der Waals surface area contributed by atoms with Gasteiger partial charge in [-0.15, -0.1) is 0 Å². The van der Waals surface area contributed by atoms with Crippen molar-refractivity contribution >= 4 is 21.6 Å². The Hall–Kier alpha value is -2.34. The largest absolute Gasteiger partial charge is 0.356 e. The first kappa shape index (κ1) is 17.5. The van der Waals surface area contributed by atoms with Crippen molar-refractivity contribution in [2.45, 2.75) is 37.0 Å². The van der Waals surface area contributed by atoms with Gasteiger partial charge in [0.05, 0.1) is 10.3 Å². The van der Waals surface area contributed by atoms with Crippen LogP contribution < -0.4 is 10.0 Å². The fourth-order valence-corrected chi connectivity index (χ4v) is 4.12. The predicted octanol–water partition coefficient (Wildman–Crippen LogP) is 2.96. The summed E-state index contributed by atoms with van der Waals surface area (Å²) >= 11 is 0. The number of carbonyl (C=O) groups excluding carboxylic acids is 1. The summed E-state index contributed by atoms with van der Waals surface area (Å²) in [6, 6.07) is 13.8. The Labute approximate surface area is 148 Å². The molecule has 2 N–H and O–H groups in total. The van der Waals surface area contributed by atoms with Crippen LogP contribution in [0.15, 0.2) is 53.4 Å². The van der Waals surface area contributed by atoms with Gasteiger partial charge in [-0.3, -0.25) is 9.52 Å². The van der Waals surface area contributed by atoms with E-state index in [-0.39, 0.29) is 10.8 Å². The van der Waals surface area contributed by atoms with Crippen molar-refractivity contribution in [3.63, 3.8) is 0 Å². The minimum Gasteiger partial charge on any atom is -0.356 e. The molecule has 0 radical (unpaired) electrons. The van der Waals surface area contributed by atoms with Crippen molar-refractivity contribution in [3.8, 4) is 0 Å². The van der Waals surface area contributed by atoms with Gasteiger partial charge in [0.15, 0.2) is 0 Å². The second-order valence-electron chi connectivity index (χ2n) is 6.44. The molecule has 0 heterocycles. The summed E-state index contributed by atoms with van der Waals surface area (Å²) in [7, 11) is -3.62. The van der Waals surface area contributed by atoms with E-state index in [1.165, 1.54) is 0 Å². The Balaban J connectivity index is 1.78. The van der Waals surface area contributed by atoms with E-state index in [0.717, 1.165) is 24.0 Å². The van der Waals surface area contributed by atoms with Crippen molar-refractivity contribution in [3.05, 3.63) is 59.7 Å². The maximum Gasteiger partial charge on any atom is 0.261 e. The number of sulfonamides is 1. The van der Waals surface area contributed by atoms with Crippen molar-refractivity contribution < 1.29 is 13.2 Å². The molecule has 0 bridgehead atoms. The summed E-state index contributed by atoms with van der Waals surface area (Å²) in [5.74, 6) is 0.0445. The van der Waals surface area contributed by atoms with Gasteiger partial charge >= 0.3 is 0 Å². The van der Waals surface area contributed by atoms with E-state index in [1.807, 2.05) is 32.0 Å². The molecule has 5 nitrogen and oxygen atoms in total. The van der Waals surface area contributed by atoms with Crippen LogP contribution >= 0.6 is 0 Å². The summed E-state index contributed by atoms with van der Waals surface area (Å²) in [5, 5.41) is 2.88. The topological polar surface area (TPSA) is 75.3 Å². The van der Waals surface area contributed by atoms with Crippen LogP contribution in [0.2, 0.25) is 0 Å². The average Bonchev–Trinajstić information content (AvgIpc) is 3.37. The molecule has 0 unspecified atom stereocenters. The van der Waals surface area contributed by atoms with E-state index in [2.05, 4.69) is 10.0 Å². The number of carbonyl (C=O) groups is 1. The Morgan fingerprint density at radius 2 is 1.80 bits per heavy atom. The molecule has 3 rings (SSSR count). The van der Waals surface area contributed by atoms with E-state index in [0.29, 0.717) is 12.2 Å². The molecule has 2 aromatic carbocycles. The Morgan fingerprint density at radius 3 is 2.36 bits per heavy atom. The van der Waals surface area contributed by atoms with Crippen LogP contribution in [-0.2, 0) is 20.2 Å². The highest BCUT2D eigenvalue weighted by molar-refractivity contribution is 7.92. The van der Waals surface area contributed by atoms with Gasteiger partial charge in [-0.1, -0.05) is 24.3 Å². The van der Waals surface area contributed by atoms with Crippen molar-refractivity contribution in [1.29, 1.82) is 0 Å². The fourth-order valence-electron chi connectivity index (χ4n) is 2.96. The molecule has 6 heteroatoms. The van der Waals surface area contributed by atoms with Crippen LogP contribution in [0.5, 0.6) is 0 Å². The number of anilines is 1. The zero-order chi connectivity index (χ0) is 18.1. The van der Waals surface area contributed by atoms with Gasteiger partial charge in [0.25, 0.3) is 10.0 Å². The van der Waals surface area contributed by atoms with Crippen LogP contribution in [0.3, 0.4) is 0 Å². The predicted molar refractivity (Wildman–Crippen MR) is 98.0 cm³/mol. The third kappa shape index (κ3) is 3.54. The highest BCUT2D eigenvalue weighted by Crippen LogP contribution is 2.48. The monoisotopic (exact) mass is 358 g/mol. The quantitative estimate of drug-likeness (QED) is 0.834. The molecule has 1 amide bonds. The van der Waals surface area contributed by atoms with E-state index < -0.39 is 15.4 Å². The lowest BCUT2D eigenvalue weighted by Crippen LogP contribution is -2.34. The summed E-state index contributed by atoms with van der Waals surface area (Å²) in [4.78, 5) is 12.5. The molecule has 25 heavy (non-hydrogen) atoms. The molecular formula is C19H22N2O3S. The number of hydrogen-bond donors (Lipinski definition) is 2. The lowest BCUT2D eigenvalue weighted by atomic mass is 9.95. The van der Waals surface area contributed by atoms with Gasteiger partial charge in [-0.2, -0.15) is 0 Å². The lowest BCUT2D eigenvalue weighted by Gasteiger charge is -2.16. The van der Waals surface area contributed by atoms with E-state index in [9.17, 15) is 13.2 Å². The molecule has 0 aromatic heterocycles. The minimum absolute atomic E-state index is 0.0445. The molecule has 132 valence electrons. The molecule has 2 aromatic rings. The second-order valence-corrected chi connectivity index (χ2v) is 8.12. The summed E-state index contributed by atoms with van der Waals surface area (Å²) in [6.07, 6.45) is 1.65. The van der Waals surface area contributed by atoms with Crippen molar-refractivity contribution in [2.24, 2.45) is 0 Å². The first-order valence-corrected chi connectivity index (χ1v) is 9.84. The molecule has 1 saturated carbocycles. The Bertz CT molecular complexity index is 885. The molecule has 0 atom stereocenters. The van der Waals surface area contributed by atoms with Gasteiger partial charge in [0.1, 0.15) is 0 Å². The first-order valence-electron chi connectivity index (χ1n) is 8.36. The standard InChI is InChI=1S/C19H22N2O3S/c1-3-20-18(22)19(11-12-19)15-7-9-16(10-8-15)21-25(23,24)17-6-4-5-14(2)13-17/h4-10,13,21H,3,11-12H2,1-2H3,(H,20,22). The highest BCUT2D eigenvalue weighted by atomic mass is 32.2. The van der Waals surface area contributed by atoms with Gasteiger partial charge in [-0.25, -0.2) is 8.42 Å². The number of likely N-dealkylation sites (N-methyl/N-ethyl adjacent to an activating group) is 1. The third-order valence-corrected chi connectivity index (χ3v) is 5.89. The Morgan fingerprint density at radius 1 is 1.12 bits per heavy atom. The molecule has 0 aliphatic heterocycles. The number of hydrogen-bond acceptors (Lipinski definition) is 3. The van der Waals surface area contributed by atoms with E-state index in [1.54, 1.807) is 30.3 Å². The van der Waals surface area contributed by atoms with Gasteiger partial charge in [-0.05, 0) is 62.1 Å². The number of rotatable bonds is 6. The van der Waals surface area contributed by atoms with Crippen LogP contribution in [0, 0.1) is 6.92 Å². The summed E-state index contributed by atoms with van der Waals surface area (Å²) < 4.78 is 27.5. The second kappa shape index (κ2) is 6.52. The first-order chi connectivity index (χ1) is 11.9. The molecule has 0 spiro atoms. The van der Waals surface area contributed by atoms with Gasteiger partial charge in [0.2, 0.25) is 5.91 Å². The average molecular weight is 358 g/mol. The smallest absolute Gasteiger partial charge is 0.261 e. The normalized spacial score (nSPS) is 15.4. The zero-order valence-corrected chi connectivity index (χ0v) is 15.2. The Kier molecular flexibility index (Phi) is 4.56. The minimum atomic E-state index is -3.62. The van der Waals surface area contributed by atoms with Crippen molar-refractivity contribution in [1.82, 2.24) is 5.32 Å². The number of amides is 1. The molecule has 1 fully saturated rings. The van der Waals surface area contributed by atoms with Crippen LogP contribution in [0.4, 0.5) is 5.69 Å². The number of nitrogens with one attached hydrogen (secondary N) is 2. The van der Waals surface area contributed by atoms with Gasteiger partial charge < -0.3 is 5.32 Å². The molecule has 0 saturated heterocycles. The SMILES string of the molecule is CCNC(=O)C1(c2ccc(NS(=O)(=O)c3cccc(C)c3)cc2)CC1. The third-order valence-electron chi connectivity index (χ3n) is 4.51. The van der Waals surface area contributed by atoms with Crippen LogP contribution in [-0.4, -0.2) is 20.9 Å². The molecule has 1 aliphatic carbocycles. The molecular weight excluding hydrogens is 336 g/mol. The maximum atomic E-state index is 12.5. The highest BCUT2D eigenvalue weighted by Gasteiger charge is 2.50.